The molecule has 19 heavy (non-hydrogen) atoms. The first kappa shape index (κ1) is 13.1. The van der Waals surface area contributed by atoms with Crippen LogP contribution in [-0.2, 0) is 11.4 Å². The van der Waals surface area contributed by atoms with Crippen molar-refractivity contribution in [3.8, 4) is 17.1 Å². The highest BCUT2D eigenvalue weighted by atomic mass is 19.1. The zero-order valence-corrected chi connectivity index (χ0v) is 9.91. The average molecular weight is 262 g/mol. The smallest absolute Gasteiger partial charge is 0.316 e. The highest BCUT2D eigenvalue weighted by Crippen LogP contribution is 2.24. The van der Waals surface area contributed by atoms with Crippen molar-refractivity contribution in [3.05, 3.63) is 42.0 Å². The third-order valence-corrected chi connectivity index (χ3v) is 2.47. The van der Waals surface area contributed by atoms with Crippen molar-refractivity contribution >= 4 is 6.29 Å². The number of nitrogens with zero attached hydrogens (tertiary/aromatic N) is 2. The second kappa shape index (κ2) is 6.01. The maximum Gasteiger partial charge on any atom is 0.316 e. The zero-order valence-electron chi connectivity index (χ0n) is 9.91. The molecule has 0 aliphatic rings. The molecular formula is C13H11FN2O3. The molecule has 0 saturated carbocycles. The number of aliphatic hydroxyl groups is 1. The SMILES string of the molecule is O=CCOc1ncc(-c2cccc(CO)c2F)cn1. The third-order valence-electron chi connectivity index (χ3n) is 2.47. The fraction of sp³-hybridized carbons (Fsp3) is 0.154. The van der Waals surface area contributed by atoms with Crippen LogP contribution in [0.4, 0.5) is 4.39 Å². The van der Waals surface area contributed by atoms with E-state index >= 15 is 0 Å². The summed E-state index contributed by atoms with van der Waals surface area (Å²) in [6, 6.07) is 4.76. The Morgan fingerprint density at radius 1 is 1.32 bits per heavy atom. The summed E-state index contributed by atoms with van der Waals surface area (Å²) < 4.78 is 18.9. The van der Waals surface area contributed by atoms with Gasteiger partial charge in [0.05, 0.1) is 6.61 Å². The highest BCUT2D eigenvalue weighted by molar-refractivity contribution is 5.63. The molecule has 1 N–H and O–H groups in total. The van der Waals surface area contributed by atoms with E-state index in [0.29, 0.717) is 17.4 Å². The lowest BCUT2D eigenvalue weighted by Gasteiger charge is -2.06. The average Bonchev–Trinajstić information content (AvgIpc) is 2.46. The molecule has 1 aromatic carbocycles. The van der Waals surface area contributed by atoms with Crippen LogP contribution in [0, 0.1) is 5.82 Å². The molecule has 0 aliphatic heterocycles. The molecule has 0 bridgehead atoms. The van der Waals surface area contributed by atoms with Crippen LogP contribution >= 0.6 is 0 Å². The van der Waals surface area contributed by atoms with Crippen molar-refractivity contribution in [2.75, 3.05) is 6.61 Å². The van der Waals surface area contributed by atoms with Crippen molar-refractivity contribution in [2.24, 2.45) is 0 Å². The van der Waals surface area contributed by atoms with E-state index in [2.05, 4.69) is 9.97 Å². The highest BCUT2D eigenvalue weighted by Gasteiger charge is 2.10. The van der Waals surface area contributed by atoms with Gasteiger partial charge in [-0.2, -0.15) is 0 Å². The maximum atomic E-state index is 14.0. The molecule has 98 valence electrons. The number of ether oxygens (including phenoxy) is 1. The van der Waals surface area contributed by atoms with Crippen LogP contribution in [0.2, 0.25) is 0 Å². The minimum Gasteiger partial charge on any atom is -0.456 e. The van der Waals surface area contributed by atoms with Gasteiger partial charge in [0, 0.05) is 29.1 Å². The summed E-state index contributed by atoms with van der Waals surface area (Å²) in [5, 5.41) is 9.01. The fourth-order valence-electron chi connectivity index (χ4n) is 1.56. The van der Waals surface area contributed by atoms with Gasteiger partial charge in [-0.3, -0.25) is 4.79 Å². The van der Waals surface area contributed by atoms with Gasteiger partial charge in [0.25, 0.3) is 0 Å². The van der Waals surface area contributed by atoms with E-state index in [0.717, 1.165) is 0 Å². The number of hydrogen-bond acceptors (Lipinski definition) is 5. The summed E-state index contributed by atoms with van der Waals surface area (Å²) in [6.45, 7) is -0.505. The van der Waals surface area contributed by atoms with E-state index < -0.39 is 5.82 Å². The Kier molecular flexibility index (Phi) is 4.15. The van der Waals surface area contributed by atoms with E-state index in [1.807, 2.05) is 0 Å². The Bertz CT molecular complexity index is 573. The topological polar surface area (TPSA) is 72.3 Å². The first-order chi connectivity index (χ1) is 9.26. The number of hydrogen-bond donors (Lipinski definition) is 1. The van der Waals surface area contributed by atoms with Gasteiger partial charge in [0.1, 0.15) is 12.4 Å². The molecule has 0 radical (unpaired) electrons. The molecule has 0 spiro atoms. The molecule has 6 heteroatoms. The predicted octanol–water partition coefficient (Wildman–Crippen LogP) is 1.35. The first-order valence-electron chi connectivity index (χ1n) is 5.53. The van der Waals surface area contributed by atoms with Crippen molar-refractivity contribution in [1.29, 1.82) is 0 Å². The van der Waals surface area contributed by atoms with E-state index in [1.165, 1.54) is 18.5 Å². The molecule has 1 aromatic heterocycles. The Balaban J connectivity index is 2.29. The van der Waals surface area contributed by atoms with Gasteiger partial charge in [0.15, 0.2) is 6.29 Å². The Morgan fingerprint density at radius 3 is 2.68 bits per heavy atom. The number of carbonyl (C=O) groups is 1. The number of carbonyl (C=O) groups excluding carboxylic acids is 1. The van der Waals surface area contributed by atoms with Crippen LogP contribution in [0.15, 0.2) is 30.6 Å². The molecule has 2 rings (SSSR count). The van der Waals surface area contributed by atoms with E-state index in [4.69, 9.17) is 9.84 Å². The molecular weight excluding hydrogens is 251 g/mol. The molecule has 0 fully saturated rings. The van der Waals surface area contributed by atoms with Crippen molar-refractivity contribution < 1.29 is 19.0 Å². The second-order valence-corrected chi connectivity index (χ2v) is 3.67. The van der Waals surface area contributed by atoms with Crippen molar-refractivity contribution in [1.82, 2.24) is 9.97 Å². The number of rotatable bonds is 5. The van der Waals surface area contributed by atoms with Gasteiger partial charge < -0.3 is 9.84 Å². The van der Waals surface area contributed by atoms with Gasteiger partial charge in [-0.25, -0.2) is 14.4 Å². The van der Waals surface area contributed by atoms with Crippen LogP contribution in [0.3, 0.4) is 0 Å². The second-order valence-electron chi connectivity index (χ2n) is 3.67. The fourth-order valence-corrected chi connectivity index (χ4v) is 1.56. The molecule has 0 aliphatic carbocycles. The maximum absolute atomic E-state index is 14.0. The van der Waals surface area contributed by atoms with Crippen LogP contribution in [-0.4, -0.2) is 28.0 Å². The number of aliphatic hydroxyl groups excluding tert-OH is 1. The number of halogens is 1. The predicted molar refractivity (Wildman–Crippen MR) is 64.9 cm³/mol. The van der Waals surface area contributed by atoms with Crippen LogP contribution in [0.5, 0.6) is 6.01 Å². The lowest BCUT2D eigenvalue weighted by atomic mass is 10.1. The normalized spacial score (nSPS) is 10.2. The number of aromatic nitrogens is 2. The summed E-state index contributed by atoms with van der Waals surface area (Å²) >= 11 is 0. The molecule has 0 atom stereocenters. The van der Waals surface area contributed by atoms with E-state index in [-0.39, 0.29) is 24.8 Å². The zero-order chi connectivity index (χ0) is 13.7. The largest absolute Gasteiger partial charge is 0.456 e. The molecule has 2 aromatic rings. The van der Waals surface area contributed by atoms with Crippen LogP contribution in [0.25, 0.3) is 11.1 Å². The van der Waals surface area contributed by atoms with Crippen LogP contribution in [0.1, 0.15) is 5.56 Å². The summed E-state index contributed by atoms with van der Waals surface area (Å²) in [6.07, 6.45) is 3.38. The van der Waals surface area contributed by atoms with E-state index in [9.17, 15) is 9.18 Å². The van der Waals surface area contributed by atoms with Crippen molar-refractivity contribution in [3.63, 3.8) is 0 Å². The lowest BCUT2D eigenvalue weighted by Crippen LogP contribution is -2.01. The summed E-state index contributed by atoms with van der Waals surface area (Å²) in [5.74, 6) is -0.504. The summed E-state index contributed by atoms with van der Waals surface area (Å²) in [4.78, 5) is 17.9. The minimum atomic E-state index is -0.504. The van der Waals surface area contributed by atoms with Gasteiger partial charge in [-0.05, 0) is 0 Å². The van der Waals surface area contributed by atoms with Gasteiger partial charge in [0.2, 0.25) is 0 Å². The Hall–Kier alpha value is -2.34. The van der Waals surface area contributed by atoms with Gasteiger partial charge in [-0.1, -0.05) is 18.2 Å². The molecule has 0 amide bonds. The van der Waals surface area contributed by atoms with E-state index in [1.54, 1.807) is 12.1 Å². The van der Waals surface area contributed by atoms with Crippen LogP contribution < -0.4 is 4.74 Å². The quantitative estimate of drug-likeness (QED) is 0.823. The summed E-state index contributed by atoms with van der Waals surface area (Å²) in [7, 11) is 0. The first-order valence-corrected chi connectivity index (χ1v) is 5.53. The van der Waals surface area contributed by atoms with Crippen molar-refractivity contribution in [2.45, 2.75) is 6.61 Å². The lowest BCUT2D eigenvalue weighted by molar-refractivity contribution is -0.109. The molecule has 0 unspecified atom stereocenters. The number of aldehydes is 1. The van der Waals surface area contributed by atoms with Gasteiger partial charge in [-0.15, -0.1) is 0 Å². The Morgan fingerprint density at radius 2 is 2.05 bits per heavy atom. The molecule has 1 heterocycles. The third kappa shape index (κ3) is 2.92. The molecule has 0 saturated heterocycles. The van der Waals surface area contributed by atoms with Gasteiger partial charge >= 0.3 is 6.01 Å². The monoisotopic (exact) mass is 262 g/mol. The Labute approximate surface area is 108 Å². The number of benzene rings is 1. The standard InChI is InChI=1S/C13H11FN2O3/c14-12-9(8-18)2-1-3-11(12)10-6-15-13(16-7-10)19-5-4-17/h1-4,6-7,18H,5,8H2. The summed E-state index contributed by atoms with van der Waals surface area (Å²) in [5.41, 5.74) is 0.971. The molecule has 5 nitrogen and oxygen atoms in total. The minimum absolute atomic E-state index is 0.0505.